The predicted molar refractivity (Wildman–Crippen MR) is 99.4 cm³/mol. The highest BCUT2D eigenvalue weighted by atomic mass is 14.0. The molecule has 0 atom stereocenters. The minimum absolute atomic E-state index is 1.21. The Balaban J connectivity index is 1.60. The van der Waals surface area contributed by atoms with E-state index in [0.717, 1.165) is 0 Å². The molecule has 0 bridgehead atoms. The van der Waals surface area contributed by atoms with Crippen molar-refractivity contribution in [3.05, 3.63) is 60.2 Å². The minimum atomic E-state index is 1.21. The molecule has 0 radical (unpaired) electrons. The molecule has 118 valence electrons. The Kier molecular flexibility index (Phi) is 7.80. The smallest absolute Gasteiger partial charge is 0.0181 e. The minimum Gasteiger partial charge on any atom is -0.0885 e. The molecule has 0 amide bonds. The van der Waals surface area contributed by atoms with E-state index in [1.54, 1.807) is 0 Å². The SMILES string of the molecule is CCCCC/C=C/CCCCCc1ccc2ccccc2c1. The molecular formula is C22H30. The summed E-state index contributed by atoms with van der Waals surface area (Å²) in [6, 6.07) is 15.5. The van der Waals surface area contributed by atoms with Crippen molar-refractivity contribution in [2.45, 2.75) is 64.7 Å². The molecule has 0 spiro atoms. The molecule has 0 saturated heterocycles. The van der Waals surface area contributed by atoms with Gasteiger partial charge in [-0.25, -0.2) is 0 Å². The molecule has 22 heavy (non-hydrogen) atoms. The first-order valence-corrected chi connectivity index (χ1v) is 9.03. The van der Waals surface area contributed by atoms with Crippen LogP contribution in [0.2, 0.25) is 0 Å². The molecule has 2 aromatic rings. The van der Waals surface area contributed by atoms with Crippen LogP contribution in [0.25, 0.3) is 10.8 Å². The monoisotopic (exact) mass is 294 g/mol. The van der Waals surface area contributed by atoms with Crippen LogP contribution in [0.15, 0.2) is 54.6 Å². The summed E-state index contributed by atoms with van der Waals surface area (Å²) in [5.41, 5.74) is 1.48. The van der Waals surface area contributed by atoms with E-state index < -0.39 is 0 Å². The number of aryl methyl sites for hydroxylation is 1. The molecule has 2 aromatic carbocycles. The predicted octanol–water partition coefficient (Wildman–Crippen LogP) is 7.08. The number of hydrogen-bond acceptors (Lipinski definition) is 0. The molecule has 0 fully saturated rings. The Morgan fingerprint density at radius 2 is 1.45 bits per heavy atom. The fraction of sp³-hybridized carbons (Fsp3) is 0.455. The third-order valence-corrected chi connectivity index (χ3v) is 4.29. The fourth-order valence-corrected chi connectivity index (χ4v) is 2.91. The summed E-state index contributed by atoms with van der Waals surface area (Å²) >= 11 is 0. The van der Waals surface area contributed by atoms with Gasteiger partial charge in [-0.3, -0.25) is 0 Å². The molecule has 0 N–H and O–H groups in total. The van der Waals surface area contributed by atoms with E-state index in [-0.39, 0.29) is 0 Å². The second-order valence-corrected chi connectivity index (χ2v) is 6.25. The average Bonchev–Trinajstić information content (AvgIpc) is 2.56. The molecule has 0 aromatic heterocycles. The first-order valence-electron chi connectivity index (χ1n) is 9.03. The lowest BCUT2D eigenvalue weighted by Gasteiger charge is -2.03. The van der Waals surface area contributed by atoms with E-state index in [1.807, 2.05) is 0 Å². The molecule has 0 aliphatic rings. The first kappa shape index (κ1) is 16.8. The van der Waals surface area contributed by atoms with Gasteiger partial charge in [0.25, 0.3) is 0 Å². The largest absolute Gasteiger partial charge is 0.0885 e. The fourth-order valence-electron chi connectivity index (χ4n) is 2.91. The third-order valence-electron chi connectivity index (χ3n) is 4.29. The van der Waals surface area contributed by atoms with Crippen molar-refractivity contribution >= 4 is 10.8 Å². The van der Waals surface area contributed by atoms with Gasteiger partial charge in [0.15, 0.2) is 0 Å². The van der Waals surface area contributed by atoms with Gasteiger partial charge >= 0.3 is 0 Å². The van der Waals surface area contributed by atoms with Gasteiger partial charge in [0.05, 0.1) is 0 Å². The van der Waals surface area contributed by atoms with Crippen molar-refractivity contribution in [2.75, 3.05) is 0 Å². The summed E-state index contributed by atoms with van der Waals surface area (Å²) in [7, 11) is 0. The van der Waals surface area contributed by atoms with Crippen LogP contribution < -0.4 is 0 Å². The van der Waals surface area contributed by atoms with Crippen LogP contribution in [0.3, 0.4) is 0 Å². The van der Waals surface area contributed by atoms with Gasteiger partial charge in [-0.1, -0.05) is 80.8 Å². The number of allylic oxidation sites excluding steroid dienone is 2. The first-order chi connectivity index (χ1) is 10.9. The van der Waals surface area contributed by atoms with Crippen molar-refractivity contribution in [3.8, 4) is 0 Å². The van der Waals surface area contributed by atoms with Gasteiger partial charge in [-0.05, 0) is 54.9 Å². The number of unbranched alkanes of at least 4 members (excludes halogenated alkanes) is 6. The van der Waals surface area contributed by atoms with Gasteiger partial charge in [0.1, 0.15) is 0 Å². The maximum atomic E-state index is 2.38. The zero-order chi connectivity index (χ0) is 15.5. The molecule has 2 rings (SSSR count). The zero-order valence-electron chi connectivity index (χ0n) is 14.1. The third kappa shape index (κ3) is 6.05. The Morgan fingerprint density at radius 3 is 2.23 bits per heavy atom. The van der Waals surface area contributed by atoms with Crippen molar-refractivity contribution in [1.29, 1.82) is 0 Å². The van der Waals surface area contributed by atoms with E-state index in [1.165, 1.54) is 74.1 Å². The van der Waals surface area contributed by atoms with Gasteiger partial charge in [0, 0.05) is 0 Å². The summed E-state index contributed by atoms with van der Waals surface area (Å²) in [5, 5.41) is 2.72. The van der Waals surface area contributed by atoms with E-state index in [4.69, 9.17) is 0 Å². The van der Waals surface area contributed by atoms with E-state index in [0.29, 0.717) is 0 Å². The molecule has 0 heteroatoms. The van der Waals surface area contributed by atoms with E-state index in [9.17, 15) is 0 Å². The number of benzene rings is 2. The summed E-state index contributed by atoms with van der Waals surface area (Å²) < 4.78 is 0. The Morgan fingerprint density at radius 1 is 0.727 bits per heavy atom. The lowest BCUT2D eigenvalue weighted by molar-refractivity contribution is 0.684. The highest BCUT2D eigenvalue weighted by Crippen LogP contribution is 2.17. The molecule has 0 unspecified atom stereocenters. The maximum absolute atomic E-state index is 2.38. The second-order valence-electron chi connectivity index (χ2n) is 6.25. The molecule has 0 aliphatic heterocycles. The van der Waals surface area contributed by atoms with Crippen LogP contribution in [0.4, 0.5) is 0 Å². The Hall–Kier alpha value is -1.56. The summed E-state index contributed by atoms with van der Waals surface area (Å²) in [5.74, 6) is 0. The highest BCUT2D eigenvalue weighted by molar-refractivity contribution is 5.82. The maximum Gasteiger partial charge on any atom is -0.0181 e. The Labute approximate surface area is 136 Å². The molecule has 0 saturated carbocycles. The van der Waals surface area contributed by atoms with Gasteiger partial charge in [-0.2, -0.15) is 0 Å². The number of fused-ring (bicyclic) bond motifs is 1. The molecule has 0 heterocycles. The lowest BCUT2D eigenvalue weighted by atomic mass is 10.0. The van der Waals surface area contributed by atoms with Crippen LogP contribution in [0.1, 0.15) is 63.9 Å². The van der Waals surface area contributed by atoms with Crippen LogP contribution in [-0.4, -0.2) is 0 Å². The zero-order valence-corrected chi connectivity index (χ0v) is 14.1. The normalized spacial score (nSPS) is 11.5. The average molecular weight is 294 g/mol. The number of hydrogen-bond donors (Lipinski definition) is 0. The number of rotatable bonds is 10. The van der Waals surface area contributed by atoms with Gasteiger partial charge in [-0.15, -0.1) is 0 Å². The molecule has 0 nitrogen and oxygen atoms in total. The van der Waals surface area contributed by atoms with Crippen molar-refractivity contribution in [3.63, 3.8) is 0 Å². The van der Waals surface area contributed by atoms with Gasteiger partial charge < -0.3 is 0 Å². The van der Waals surface area contributed by atoms with Crippen LogP contribution >= 0.6 is 0 Å². The molecule has 0 aliphatic carbocycles. The summed E-state index contributed by atoms with van der Waals surface area (Å²) in [6.07, 6.45) is 16.5. The summed E-state index contributed by atoms with van der Waals surface area (Å²) in [6.45, 7) is 2.26. The van der Waals surface area contributed by atoms with Crippen molar-refractivity contribution in [1.82, 2.24) is 0 Å². The van der Waals surface area contributed by atoms with Crippen molar-refractivity contribution < 1.29 is 0 Å². The lowest BCUT2D eigenvalue weighted by Crippen LogP contribution is -1.86. The van der Waals surface area contributed by atoms with Crippen molar-refractivity contribution in [2.24, 2.45) is 0 Å². The summed E-state index contributed by atoms with van der Waals surface area (Å²) in [4.78, 5) is 0. The second kappa shape index (κ2) is 10.2. The van der Waals surface area contributed by atoms with Crippen LogP contribution in [0, 0.1) is 0 Å². The topological polar surface area (TPSA) is 0 Å². The van der Waals surface area contributed by atoms with Crippen LogP contribution in [0.5, 0.6) is 0 Å². The Bertz CT molecular complexity index is 565. The quantitative estimate of drug-likeness (QED) is 0.324. The van der Waals surface area contributed by atoms with Gasteiger partial charge in [0.2, 0.25) is 0 Å². The van der Waals surface area contributed by atoms with E-state index >= 15 is 0 Å². The highest BCUT2D eigenvalue weighted by Gasteiger charge is 1.96. The van der Waals surface area contributed by atoms with E-state index in [2.05, 4.69) is 61.5 Å². The standard InChI is InChI=1S/C22H30/c1-2-3-4-5-6-7-8-9-10-11-14-20-17-18-21-15-12-13-16-22(21)19-20/h6-7,12-13,15-19H,2-5,8-11,14H2,1H3/b7-6+. The van der Waals surface area contributed by atoms with Crippen LogP contribution in [-0.2, 0) is 6.42 Å². The molecular weight excluding hydrogens is 264 g/mol.